The van der Waals surface area contributed by atoms with Gasteiger partial charge in [0.25, 0.3) is 0 Å². The van der Waals surface area contributed by atoms with E-state index in [1.54, 1.807) is 6.92 Å². The second-order valence-electron chi connectivity index (χ2n) is 2.68. The second kappa shape index (κ2) is 9.15. The Morgan fingerprint density at radius 2 is 1.77 bits per heavy atom. The molecular weight excluding hydrogens is 174 g/mol. The summed E-state index contributed by atoms with van der Waals surface area (Å²) >= 11 is 0. The van der Waals surface area contributed by atoms with Crippen molar-refractivity contribution >= 4 is 11.8 Å². The van der Waals surface area contributed by atoms with E-state index in [0.717, 1.165) is 0 Å². The van der Waals surface area contributed by atoms with Gasteiger partial charge in [0, 0.05) is 13.0 Å². The lowest BCUT2D eigenvalue weighted by Gasteiger charge is -1.91. The minimum absolute atomic E-state index is 0.0463. The standard InChI is InChI=1S/C5H8O3.C3H9NO/c1-4(6)2-3-5(7)8;1-3(5)2-4/h2-3H2,1H3,(H,7,8);3,5H,2,4H2,1H3. The van der Waals surface area contributed by atoms with E-state index < -0.39 is 5.97 Å². The Morgan fingerprint density at radius 3 is 1.85 bits per heavy atom. The number of aliphatic hydroxyl groups excluding tert-OH is 1. The van der Waals surface area contributed by atoms with Gasteiger partial charge in [-0.15, -0.1) is 0 Å². The molecule has 5 nitrogen and oxygen atoms in total. The van der Waals surface area contributed by atoms with Gasteiger partial charge in [-0.25, -0.2) is 0 Å². The number of carboxylic acids is 1. The summed E-state index contributed by atoms with van der Waals surface area (Å²) in [7, 11) is 0. The Balaban J connectivity index is 0. The first-order valence-corrected chi connectivity index (χ1v) is 3.99. The summed E-state index contributed by atoms with van der Waals surface area (Å²) < 4.78 is 0. The number of nitrogens with two attached hydrogens (primary N) is 1. The molecule has 0 saturated carbocycles. The molecule has 0 aromatic rings. The first-order chi connectivity index (χ1) is 5.90. The van der Waals surface area contributed by atoms with Gasteiger partial charge in [-0.05, 0) is 13.8 Å². The number of carbonyl (C=O) groups excluding carboxylic acids is 1. The number of rotatable bonds is 4. The van der Waals surface area contributed by atoms with E-state index >= 15 is 0 Å². The average Bonchev–Trinajstić information content (AvgIpc) is 2.02. The highest BCUT2D eigenvalue weighted by Gasteiger charge is 1.97. The van der Waals surface area contributed by atoms with Gasteiger partial charge in [0.15, 0.2) is 0 Å². The maximum absolute atomic E-state index is 10.1. The Labute approximate surface area is 77.6 Å². The van der Waals surface area contributed by atoms with Crippen LogP contribution in [-0.4, -0.2) is 34.6 Å². The van der Waals surface area contributed by atoms with Gasteiger partial charge in [-0.1, -0.05) is 0 Å². The van der Waals surface area contributed by atoms with Gasteiger partial charge >= 0.3 is 5.97 Å². The monoisotopic (exact) mass is 191 g/mol. The van der Waals surface area contributed by atoms with E-state index in [1.165, 1.54) is 6.92 Å². The van der Waals surface area contributed by atoms with E-state index in [-0.39, 0.29) is 24.7 Å². The van der Waals surface area contributed by atoms with E-state index in [4.69, 9.17) is 15.9 Å². The number of hydrogen-bond acceptors (Lipinski definition) is 4. The summed E-state index contributed by atoms with van der Waals surface area (Å²) in [6.45, 7) is 3.39. The quantitative estimate of drug-likeness (QED) is 0.569. The van der Waals surface area contributed by atoms with E-state index in [1.807, 2.05) is 0 Å². The first-order valence-electron chi connectivity index (χ1n) is 3.99. The number of carbonyl (C=O) groups is 2. The van der Waals surface area contributed by atoms with Crippen molar-refractivity contribution in [3.63, 3.8) is 0 Å². The fourth-order valence-corrected chi connectivity index (χ4v) is 0.283. The van der Waals surface area contributed by atoms with Crippen LogP contribution in [0.5, 0.6) is 0 Å². The van der Waals surface area contributed by atoms with Gasteiger partial charge in [-0.3, -0.25) is 4.79 Å². The van der Waals surface area contributed by atoms with E-state index in [0.29, 0.717) is 6.54 Å². The van der Waals surface area contributed by atoms with Crippen LogP contribution in [0.25, 0.3) is 0 Å². The molecule has 0 aromatic heterocycles. The summed E-state index contributed by atoms with van der Waals surface area (Å²) in [6, 6.07) is 0. The zero-order chi connectivity index (χ0) is 10.9. The van der Waals surface area contributed by atoms with Gasteiger partial charge in [0.2, 0.25) is 0 Å². The van der Waals surface area contributed by atoms with Crippen LogP contribution in [-0.2, 0) is 9.59 Å². The van der Waals surface area contributed by atoms with Crippen molar-refractivity contribution in [1.82, 2.24) is 0 Å². The van der Waals surface area contributed by atoms with Crippen LogP contribution < -0.4 is 5.73 Å². The van der Waals surface area contributed by atoms with Crippen LogP contribution in [0.3, 0.4) is 0 Å². The smallest absolute Gasteiger partial charge is 0.303 e. The van der Waals surface area contributed by atoms with Crippen LogP contribution in [0.4, 0.5) is 0 Å². The largest absolute Gasteiger partial charge is 0.481 e. The Morgan fingerprint density at radius 1 is 1.38 bits per heavy atom. The summed E-state index contributed by atoms with van der Waals surface area (Å²) in [5, 5.41) is 16.2. The third-order valence-electron chi connectivity index (χ3n) is 1.03. The van der Waals surface area contributed by atoms with Gasteiger partial charge in [0.1, 0.15) is 5.78 Å². The van der Waals surface area contributed by atoms with Crippen molar-refractivity contribution in [2.75, 3.05) is 6.54 Å². The lowest BCUT2D eigenvalue weighted by molar-refractivity contribution is -0.138. The molecule has 1 atom stereocenters. The van der Waals surface area contributed by atoms with Crippen LogP contribution in [0.15, 0.2) is 0 Å². The molecule has 0 amide bonds. The maximum Gasteiger partial charge on any atom is 0.303 e. The first kappa shape index (κ1) is 14.6. The molecule has 1 unspecified atom stereocenters. The lowest BCUT2D eigenvalue weighted by Crippen LogP contribution is -2.14. The van der Waals surface area contributed by atoms with Crippen molar-refractivity contribution in [2.45, 2.75) is 32.8 Å². The number of ketones is 1. The summed E-state index contributed by atoms with van der Waals surface area (Å²) in [4.78, 5) is 19.8. The highest BCUT2D eigenvalue weighted by molar-refractivity contribution is 5.80. The maximum atomic E-state index is 10.1. The van der Waals surface area contributed by atoms with Crippen LogP contribution in [0.1, 0.15) is 26.7 Å². The molecule has 4 N–H and O–H groups in total. The topological polar surface area (TPSA) is 101 Å². The van der Waals surface area contributed by atoms with Crippen molar-refractivity contribution < 1.29 is 19.8 Å². The van der Waals surface area contributed by atoms with Gasteiger partial charge in [0.05, 0.1) is 12.5 Å². The summed E-state index contributed by atoms with van der Waals surface area (Å²) in [5.41, 5.74) is 4.92. The number of aliphatic carboxylic acids is 1. The fourth-order valence-electron chi connectivity index (χ4n) is 0.283. The van der Waals surface area contributed by atoms with Crippen LogP contribution >= 0.6 is 0 Å². The SMILES string of the molecule is CC(=O)CCC(=O)O.CC(O)CN. The average molecular weight is 191 g/mol. The van der Waals surface area contributed by atoms with Crippen LogP contribution in [0, 0.1) is 0 Å². The molecule has 0 aliphatic heterocycles. The molecular formula is C8H17NO4. The molecule has 0 aliphatic carbocycles. The fraction of sp³-hybridized carbons (Fsp3) is 0.750. The number of Topliss-reactive ketones (excluding diaryl/α,β-unsaturated/α-hetero) is 1. The lowest BCUT2D eigenvalue weighted by atomic mass is 10.2. The number of hydrogen-bond donors (Lipinski definition) is 3. The normalized spacial score (nSPS) is 11.1. The molecule has 0 spiro atoms. The molecule has 0 saturated heterocycles. The third kappa shape index (κ3) is 24.7. The van der Waals surface area contributed by atoms with Gasteiger partial charge in [-0.2, -0.15) is 0 Å². The molecule has 0 heterocycles. The highest BCUT2D eigenvalue weighted by Crippen LogP contribution is 1.87. The van der Waals surface area contributed by atoms with Crippen molar-refractivity contribution in [2.24, 2.45) is 5.73 Å². The Bertz CT molecular complexity index is 142. The highest BCUT2D eigenvalue weighted by atomic mass is 16.4. The Hall–Kier alpha value is -0.940. The van der Waals surface area contributed by atoms with Gasteiger partial charge < -0.3 is 20.7 Å². The zero-order valence-corrected chi connectivity index (χ0v) is 7.99. The summed E-state index contributed by atoms with van der Waals surface area (Å²) in [6.07, 6.45) is -0.236. The predicted octanol–water partition coefficient (Wildman–Crippen LogP) is -0.234. The molecule has 0 aliphatic rings. The number of carboxylic acid groups (broad SMARTS) is 1. The number of aliphatic hydroxyl groups is 1. The molecule has 0 rings (SSSR count). The minimum atomic E-state index is -0.916. The molecule has 0 radical (unpaired) electrons. The predicted molar refractivity (Wildman–Crippen MR) is 48.3 cm³/mol. The van der Waals surface area contributed by atoms with Crippen LogP contribution in [0.2, 0.25) is 0 Å². The van der Waals surface area contributed by atoms with Crippen molar-refractivity contribution in [1.29, 1.82) is 0 Å². The van der Waals surface area contributed by atoms with Crippen molar-refractivity contribution in [3.8, 4) is 0 Å². The second-order valence-corrected chi connectivity index (χ2v) is 2.68. The molecule has 13 heavy (non-hydrogen) atoms. The zero-order valence-electron chi connectivity index (χ0n) is 7.99. The molecule has 0 aromatic carbocycles. The molecule has 78 valence electrons. The van der Waals surface area contributed by atoms with E-state index in [2.05, 4.69) is 0 Å². The molecule has 0 fully saturated rings. The van der Waals surface area contributed by atoms with E-state index in [9.17, 15) is 9.59 Å². The molecule has 5 heteroatoms. The molecule has 0 bridgehead atoms. The third-order valence-corrected chi connectivity index (χ3v) is 1.03. The summed E-state index contributed by atoms with van der Waals surface area (Å²) in [5.74, 6) is -0.993. The van der Waals surface area contributed by atoms with Crippen molar-refractivity contribution in [3.05, 3.63) is 0 Å². The minimum Gasteiger partial charge on any atom is -0.481 e. The Kier molecular flexibility index (Phi) is 10.3.